The molecule has 7 heteroatoms. The number of carbonyl (C=O) groups excluding carboxylic acids is 1. The number of rotatable bonds is 4. The lowest BCUT2D eigenvalue weighted by Crippen LogP contribution is -2.23. The average molecular weight is 289 g/mol. The van der Waals surface area contributed by atoms with Gasteiger partial charge >= 0.3 is 6.02 Å². The summed E-state index contributed by atoms with van der Waals surface area (Å²) in [5.41, 5.74) is 1.67. The summed E-state index contributed by atoms with van der Waals surface area (Å²) in [6.45, 7) is 2.10. The van der Waals surface area contributed by atoms with Crippen molar-refractivity contribution in [2.45, 2.75) is 13.3 Å². The standard InChI is InChI=1S/C14H15N3O4/c1-4-8-5-9(11(20-3)6-10(8)19-2)13-16-17-12(18)7-15-14(17)21-13/h5-6H,4,7H2,1-3H3. The second-order valence-electron chi connectivity index (χ2n) is 4.53. The third-order valence-electron chi connectivity index (χ3n) is 3.36. The van der Waals surface area contributed by atoms with Crippen LogP contribution in [-0.4, -0.2) is 43.6 Å². The Kier molecular flexibility index (Phi) is 3.25. The van der Waals surface area contributed by atoms with Gasteiger partial charge in [0.2, 0.25) is 0 Å². The fourth-order valence-electron chi connectivity index (χ4n) is 2.26. The molecule has 3 rings (SSSR count). The molecule has 0 fully saturated rings. The van der Waals surface area contributed by atoms with Crippen LogP contribution in [0.2, 0.25) is 0 Å². The Labute approximate surface area is 121 Å². The summed E-state index contributed by atoms with van der Waals surface area (Å²) >= 11 is 0. The molecule has 2 heterocycles. The maximum absolute atomic E-state index is 11.6. The van der Waals surface area contributed by atoms with Crippen molar-refractivity contribution in [3.63, 3.8) is 0 Å². The number of aliphatic imine (C=N–C) groups is 1. The van der Waals surface area contributed by atoms with E-state index < -0.39 is 0 Å². The number of nitrogens with zero attached hydrogens (tertiary/aromatic N) is 3. The van der Waals surface area contributed by atoms with E-state index >= 15 is 0 Å². The van der Waals surface area contributed by atoms with Crippen LogP contribution in [-0.2, 0) is 16.0 Å². The summed E-state index contributed by atoms with van der Waals surface area (Å²) in [4.78, 5) is 15.6. The van der Waals surface area contributed by atoms with Crippen molar-refractivity contribution < 1.29 is 19.0 Å². The van der Waals surface area contributed by atoms with Gasteiger partial charge in [-0.2, -0.15) is 0 Å². The summed E-state index contributed by atoms with van der Waals surface area (Å²) in [7, 11) is 3.17. The number of amides is 1. The number of aryl methyl sites for hydroxylation is 1. The van der Waals surface area contributed by atoms with Crippen molar-refractivity contribution >= 4 is 17.8 Å². The highest BCUT2D eigenvalue weighted by Crippen LogP contribution is 2.32. The van der Waals surface area contributed by atoms with Gasteiger partial charge in [-0.15, -0.1) is 10.1 Å². The third kappa shape index (κ3) is 2.10. The minimum Gasteiger partial charge on any atom is -0.496 e. The zero-order valence-corrected chi connectivity index (χ0v) is 12.0. The van der Waals surface area contributed by atoms with E-state index in [2.05, 4.69) is 10.1 Å². The molecule has 21 heavy (non-hydrogen) atoms. The topological polar surface area (TPSA) is 72.7 Å². The maximum Gasteiger partial charge on any atom is 0.323 e. The molecule has 0 aliphatic carbocycles. The van der Waals surface area contributed by atoms with Crippen molar-refractivity contribution in [2.24, 2.45) is 10.1 Å². The summed E-state index contributed by atoms with van der Waals surface area (Å²) in [5.74, 6) is 1.40. The highest BCUT2D eigenvalue weighted by atomic mass is 16.5. The molecule has 0 saturated carbocycles. The quantitative estimate of drug-likeness (QED) is 0.833. The SMILES string of the molecule is CCc1cc(C2=NN3C(=O)CN=C3O2)c(OC)cc1OC. The number of ether oxygens (including phenoxy) is 3. The molecular weight excluding hydrogens is 274 g/mol. The number of hydrazone groups is 1. The predicted molar refractivity (Wildman–Crippen MR) is 75.7 cm³/mol. The van der Waals surface area contributed by atoms with Crippen LogP contribution in [0, 0.1) is 0 Å². The fraction of sp³-hybridized carbons (Fsp3) is 0.357. The Morgan fingerprint density at radius 3 is 2.67 bits per heavy atom. The minimum atomic E-state index is -0.205. The number of fused-ring (bicyclic) bond motifs is 1. The molecule has 7 nitrogen and oxygen atoms in total. The molecule has 1 amide bonds. The summed E-state index contributed by atoms with van der Waals surface area (Å²) in [6.07, 6.45) is 0.789. The van der Waals surface area contributed by atoms with Crippen molar-refractivity contribution in [3.8, 4) is 11.5 Å². The zero-order chi connectivity index (χ0) is 15.0. The second kappa shape index (κ2) is 5.08. The van der Waals surface area contributed by atoms with Crippen LogP contribution in [0.1, 0.15) is 18.1 Å². The molecule has 0 unspecified atom stereocenters. The van der Waals surface area contributed by atoms with Gasteiger partial charge in [0.1, 0.15) is 18.0 Å². The molecule has 0 atom stereocenters. The zero-order valence-electron chi connectivity index (χ0n) is 12.0. The van der Waals surface area contributed by atoms with Gasteiger partial charge < -0.3 is 14.2 Å². The highest BCUT2D eigenvalue weighted by molar-refractivity contribution is 6.13. The maximum atomic E-state index is 11.6. The number of methoxy groups -OCH3 is 2. The van der Waals surface area contributed by atoms with E-state index in [1.807, 2.05) is 13.0 Å². The molecule has 110 valence electrons. The van der Waals surface area contributed by atoms with Gasteiger partial charge in [-0.05, 0) is 18.1 Å². The number of benzene rings is 1. The van der Waals surface area contributed by atoms with Gasteiger partial charge in [-0.25, -0.2) is 4.99 Å². The van der Waals surface area contributed by atoms with E-state index in [0.29, 0.717) is 17.2 Å². The molecule has 0 N–H and O–H groups in total. The Morgan fingerprint density at radius 2 is 2.05 bits per heavy atom. The normalized spacial score (nSPS) is 16.3. The van der Waals surface area contributed by atoms with Gasteiger partial charge in [0.25, 0.3) is 11.8 Å². The second-order valence-corrected chi connectivity index (χ2v) is 4.53. The smallest absolute Gasteiger partial charge is 0.323 e. The molecular formula is C14H15N3O4. The summed E-state index contributed by atoms with van der Waals surface area (Å²) < 4.78 is 16.2. The third-order valence-corrected chi connectivity index (χ3v) is 3.36. The molecule has 0 spiro atoms. The van der Waals surface area contributed by atoms with Crippen molar-refractivity contribution in [1.29, 1.82) is 0 Å². The fourth-order valence-corrected chi connectivity index (χ4v) is 2.26. The van der Waals surface area contributed by atoms with Gasteiger partial charge in [-0.1, -0.05) is 6.92 Å². The van der Waals surface area contributed by atoms with E-state index in [0.717, 1.165) is 17.7 Å². The lowest BCUT2D eigenvalue weighted by molar-refractivity contribution is -0.124. The predicted octanol–water partition coefficient (Wildman–Crippen LogP) is 1.16. The van der Waals surface area contributed by atoms with Crippen molar-refractivity contribution in [3.05, 3.63) is 23.3 Å². The highest BCUT2D eigenvalue weighted by Gasteiger charge is 2.36. The molecule has 0 bridgehead atoms. The van der Waals surface area contributed by atoms with Gasteiger partial charge in [0, 0.05) is 6.07 Å². The first-order chi connectivity index (χ1) is 10.2. The Bertz CT molecular complexity index is 666. The molecule has 2 aliphatic heterocycles. The number of carbonyl (C=O) groups is 1. The molecule has 0 radical (unpaired) electrons. The van der Waals surface area contributed by atoms with Crippen LogP contribution in [0.3, 0.4) is 0 Å². The lowest BCUT2D eigenvalue weighted by Gasteiger charge is -2.13. The molecule has 1 aromatic rings. The van der Waals surface area contributed by atoms with E-state index in [4.69, 9.17) is 14.2 Å². The number of amidine groups is 1. The summed E-state index contributed by atoms with van der Waals surface area (Å²) in [6, 6.07) is 3.89. The molecule has 0 aromatic heterocycles. The molecule has 1 aromatic carbocycles. The lowest BCUT2D eigenvalue weighted by atomic mass is 10.1. The number of hydrogen-bond acceptors (Lipinski definition) is 6. The van der Waals surface area contributed by atoms with Crippen LogP contribution in [0.25, 0.3) is 0 Å². The van der Waals surface area contributed by atoms with Crippen LogP contribution >= 0.6 is 0 Å². The Morgan fingerprint density at radius 1 is 1.29 bits per heavy atom. The Balaban J connectivity index is 2.04. The van der Waals surface area contributed by atoms with Crippen LogP contribution in [0.4, 0.5) is 0 Å². The van der Waals surface area contributed by atoms with Crippen molar-refractivity contribution in [2.75, 3.05) is 20.8 Å². The van der Waals surface area contributed by atoms with E-state index in [9.17, 15) is 4.79 Å². The first-order valence-corrected chi connectivity index (χ1v) is 6.57. The largest absolute Gasteiger partial charge is 0.496 e. The van der Waals surface area contributed by atoms with Gasteiger partial charge in [-0.3, -0.25) is 4.79 Å². The number of hydrogen-bond donors (Lipinski definition) is 0. The van der Waals surface area contributed by atoms with Crippen LogP contribution in [0.15, 0.2) is 22.2 Å². The van der Waals surface area contributed by atoms with Crippen LogP contribution < -0.4 is 9.47 Å². The summed E-state index contributed by atoms with van der Waals surface area (Å²) in [5, 5.41) is 5.34. The van der Waals surface area contributed by atoms with Crippen molar-refractivity contribution in [1.82, 2.24) is 5.01 Å². The average Bonchev–Trinajstić information content (AvgIpc) is 3.08. The molecule has 2 aliphatic rings. The molecule has 0 saturated heterocycles. The minimum absolute atomic E-state index is 0.0755. The van der Waals surface area contributed by atoms with Gasteiger partial charge in [0.15, 0.2) is 0 Å². The van der Waals surface area contributed by atoms with E-state index in [1.54, 1.807) is 20.3 Å². The monoisotopic (exact) mass is 289 g/mol. The Hall–Kier alpha value is -2.57. The first kappa shape index (κ1) is 13.4. The van der Waals surface area contributed by atoms with E-state index in [1.165, 1.54) is 5.01 Å². The van der Waals surface area contributed by atoms with Gasteiger partial charge in [0.05, 0.1) is 19.8 Å². The first-order valence-electron chi connectivity index (χ1n) is 6.57. The van der Waals surface area contributed by atoms with Crippen LogP contribution in [0.5, 0.6) is 11.5 Å². The van der Waals surface area contributed by atoms with E-state index in [-0.39, 0.29) is 18.5 Å².